The van der Waals surface area contributed by atoms with Crippen LogP contribution in [0.15, 0.2) is 30.5 Å². The number of nitrogens with zero attached hydrogens (tertiary/aromatic N) is 2. The number of nitriles is 1. The Morgan fingerprint density at radius 1 is 1.29 bits per heavy atom. The minimum absolute atomic E-state index is 0.0606. The summed E-state index contributed by atoms with van der Waals surface area (Å²) in [6.45, 7) is 0. The standard InChI is InChI=1S/C11H6F3N3/c12-11(13,14)10-9(6-16-17-10)8-3-1-2-7(4-8)5-15/h1-4,6H,(H,16,17). The average molecular weight is 237 g/mol. The molecule has 0 aliphatic carbocycles. The Labute approximate surface area is 94.5 Å². The number of alkyl halides is 3. The fraction of sp³-hybridized carbons (Fsp3) is 0.0909. The number of halogens is 3. The van der Waals surface area contributed by atoms with Crippen molar-refractivity contribution >= 4 is 0 Å². The van der Waals surface area contributed by atoms with E-state index in [1.807, 2.05) is 11.2 Å². The van der Waals surface area contributed by atoms with Crippen LogP contribution < -0.4 is 0 Å². The normalized spacial score (nSPS) is 11.2. The molecule has 17 heavy (non-hydrogen) atoms. The Morgan fingerprint density at radius 2 is 2.06 bits per heavy atom. The van der Waals surface area contributed by atoms with Crippen LogP contribution in [0.5, 0.6) is 0 Å². The molecule has 0 saturated carbocycles. The van der Waals surface area contributed by atoms with E-state index in [2.05, 4.69) is 5.10 Å². The number of nitrogens with one attached hydrogen (secondary N) is 1. The highest BCUT2D eigenvalue weighted by Gasteiger charge is 2.35. The van der Waals surface area contributed by atoms with Crippen molar-refractivity contribution in [1.82, 2.24) is 10.2 Å². The molecular formula is C11H6F3N3. The lowest BCUT2D eigenvalue weighted by Gasteiger charge is -2.06. The predicted molar refractivity (Wildman–Crippen MR) is 53.7 cm³/mol. The molecule has 1 aromatic heterocycles. The predicted octanol–water partition coefficient (Wildman–Crippen LogP) is 2.97. The van der Waals surface area contributed by atoms with Crippen molar-refractivity contribution in [1.29, 1.82) is 5.26 Å². The molecule has 0 bridgehead atoms. The molecule has 0 atom stereocenters. The summed E-state index contributed by atoms with van der Waals surface area (Å²) in [7, 11) is 0. The van der Waals surface area contributed by atoms with Crippen LogP contribution in [-0.4, -0.2) is 10.2 Å². The number of rotatable bonds is 1. The van der Waals surface area contributed by atoms with Gasteiger partial charge in [0.2, 0.25) is 0 Å². The molecule has 0 saturated heterocycles. The molecule has 1 heterocycles. The number of hydrogen-bond acceptors (Lipinski definition) is 2. The van der Waals surface area contributed by atoms with Crippen molar-refractivity contribution < 1.29 is 13.2 Å². The van der Waals surface area contributed by atoms with E-state index in [-0.39, 0.29) is 5.56 Å². The van der Waals surface area contributed by atoms with Crippen molar-refractivity contribution in [2.24, 2.45) is 0 Å². The number of benzene rings is 1. The summed E-state index contributed by atoms with van der Waals surface area (Å²) >= 11 is 0. The minimum atomic E-state index is -4.49. The molecule has 0 aliphatic rings. The minimum Gasteiger partial charge on any atom is -0.273 e. The summed E-state index contributed by atoms with van der Waals surface area (Å²) in [5, 5.41) is 14.0. The van der Waals surface area contributed by atoms with Crippen molar-refractivity contribution in [2.45, 2.75) is 6.18 Å². The zero-order valence-electron chi connectivity index (χ0n) is 8.42. The van der Waals surface area contributed by atoms with E-state index < -0.39 is 11.9 Å². The number of hydrogen-bond donors (Lipinski definition) is 1. The average Bonchev–Trinajstić information content (AvgIpc) is 2.77. The van der Waals surface area contributed by atoms with Gasteiger partial charge in [-0.3, -0.25) is 5.10 Å². The molecule has 0 unspecified atom stereocenters. The van der Waals surface area contributed by atoms with Gasteiger partial charge in [-0.15, -0.1) is 0 Å². The second kappa shape index (κ2) is 3.94. The molecule has 6 heteroatoms. The van der Waals surface area contributed by atoms with Gasteiger partial charge in [-0.2, -0.15) is 23.5 Å². The maximum absolute atomic E-state index is 12.6. The fourth-order valence-corrected chi connectivity index (χ4v) is 1.48. The first-order valence-corrected chi connectivity index (χ1v) is 4.63. The van der Waals surface area contributed by atoms with Crippen molar-refractivity contribution in [3.05, 3.63) is 41.7 Å². The van der Waals surface area contributed by atoms with E-state index in [9.17, 15) is 13.2 Å². The van der Waals surface area contributed by atoms with Gasteiger partial charge in [-0.25, -0.2) is 0 Å². The molecule has 0 aliphatic heterocycles. The van der Waals surface area contributed by atoms with Gasteiger partial charge < -0.3 is 0 Å². The smallest absolute Gasteiger partial charge is 0.273 e. The number of aromatic nitrogens is 2. The fourth-order valence-electron chi connectivity index (χ4n) is 1.48. The summed E-state index contributed by atoms with van der Waals surface area (Å²) < 4.78 is 37.8. The first-order valence-electron chi connectivity index (χ1n) is 4.63. The molecule has 86 valence electrons. The Kier molecular flexibility index (Phi) is 2.60. The van der Waals surface area contributed by atoms with E-state index in [1.165, 1.54) is 24.3 Å². The highest BCUT2D eigenvalue weighted by molar-refractivity contribution is 5.67. The lowest BCUT2D eigenvalue weighted by atomic mass is 10.0. The Balaban J connectivity index is 2.55. The van der Waals surface area contributed by atoms with Gasteiger partial charge in [0.05, 0.1) is 17.8 Å². The topological polar surface area (TPSA) is 52.5 Å². The van der Waals surface area contributed by atoms with Crippen LogP contribution >= 0.6 is 0 Å². The van der Waals surface area contributed by atoms with Crippen molar-refractivity contribution in [3.63, 3.8) is 0 Å². The monoisotopic (exact) mass is 237 g/mol. The third-order valence-electron chi connectivity index (χ3n) is 2.23. The Hall–Kier alpha value is -2.29. The summed E-state index contributed by atoms with van der Waals surface area (Å²) in [4.78, 5) is 0. The first kappa shape index (κ1) is 11.2. The van der Waals surface area contributed by atoms with Gasteiger partial charge in [0, 0.05) is 5.56 Å². The van der Waals surface area contributed by atoms with Gasteiger partial charge in [-0.05, 0) is 17.7 Å². The Morgan fingerprint density at radius 3 is 2.71 bits per heavy atom. The molecule has 1 N–H and O–H groups in total. The quantitative estimate of drug-likeness (QED) is 0.828. The molecule has 2 aromatic rings. The summed E-state index contributed by atoms with van der Waals surface area (Å²) in [5.41, 5.74) is -0.357. The maximum atomic E-state index is 12.6. The van der Waals surface area contributed by atoms with E-state index in [4.69, 9.17) is 5.26 Å². The van der Waals surface area contributed by atoms with Crippen LogP contribution in [0.3, 0.4) is 0 Å². The van der Waals surface area contributed by atoms with Crippen LogP contribution in [-0.2, 0) is 6.18 Å². The molecule has 0 amide bonds. The lowest BCUT2D eigenvalue weighted by Crippen LogP contribution is -2.07. The SMILES string of the molecule is N#Cc1cccc(-c2cn[nH]c2C(F)(F)F)c1. The zero-order valence-corrected chi connectivity index (χ0v) is 8.42. The van der Waals surface area contributed by atoms with E-state index in [1.54, 1.807) is 0 Å². The lowest BCUT2D eigenvalue weighted by molar-refractivity contribution is -0.140. The van der Waals surface area contributed by atoms with Gasteiger partial charge >= 0.3 is 6.18 Å². The van der Waals surface area contributed by atoms with Crippen molar-refractivity contribution in [3.8, 4) is 17.2 Å². The summed E-state index contributed by atoms with van der Waals surface area (Å²) in [6.07, 6.45) is -3.40. The largest absolute Gasteiger partial charge is 0.433 e. The Bertz CT molecular complexity index is 578. The third kappa shape index (κ3) is 2.13. The third-order valence-corrected chi connectivity index (χ3v) is 2.23. The van der Waals surface area contributed by atoms with Crippen molar-refractivity contribution in [2.75, 3.05) is 0 Å². The molecule has 3 nitrogen and oxygen atoms in total. The molecule has 0 spiro atoms. The van der Waals surface area contributed by atoms with Gasteiger partial charge in [0.1, 0.15) is 5.69 Å². The highest BCUT2D eigenvalue weighted by Crippen LogP contribution is 2.35. The number of aromatic amines is 1. The van der Waals surface area contributed by atoms with Gasteiger partial charge in [-0.1, -0.05) is 12.1 Å². The summed E-state index contributed by atoms with van der Waals surface area (Å²) in [5.74, 6) is 0. The maximum Gasteiger partial charge on any atom is 0.433 e. The van der Waals surface area contributed by atoms with E-state index >= 15 is 0 Å². The molecular weight excluding hydrogens is 231 g/mol. The molecule has 0 fully saturated rings. The highest BCUT2D eigenvalue weighted by atomic mass is 19.4. The molecule has 1 aromatic carbocycles. The molecule has 0 radical (unpaired) electrons. The second-order valence-corrected chi connectivity index (χ2v) is 3.35. The van der Waals surface area contributed by atoms with Gasteiger partial charge in [0.25, 0.3) is 0 Å². The second-order valence-electron chi connectivity index (χ2n) is 3.35. The van der Waals surface area contributed by atoms with Crippen LogP contribution in [0.2, 0.25) is 0 Å². The van der Waals surface area contributed by atoms with Gasteiger partial charge in [0.15, 0.2) is 0 Å². The van der Waals surface area contributed by atoms with Crippen LogP contribution in [0.25, 0.3) is 11.1 Å². The molecule has 2 rings (SSSR count). The zero-order chi connectivity index (χ0) is 12.5. The first-order chi connectivity index (χ1) is 8.02. The van der Waals surface area contributed by atoms with E-state index in [0.29, 0.717) is 11.1 Å². The summed E-state index contributed by atoms with van der Waals surface area (Å²) in [6, 6.07) is 7.82. The van der Waals surface area contributed by atoms with E-state index in [0.717, 1.165) is 6.20 Å². The van der Waals surface area contributed by atoms with Crippen LogP contribution in [0.4, 0.5) is 13.2 Å². The number of H-pyrrole nitrogens is 1. The van der Waals surface area contributed by atoms with Crippen LogP contribution in [0, 0.1) is 11.3 Å². The van der Waals surface area contributed by atoms with Crippen LogP contribution in [0.1, 0.15) is 11.3 Å².